The Morgan fingerprint density at radius 3 is 1.27 bits per heavy atom. The van der Waals surface area contributed by atoms with E-state index in [1.54, 1.807) is 0 Å². The molecular weight excluding hydrogens is 928 g/mol. The van der Waals surface area contributed by atoms with Gasteiger partial charge in [-0.1, -0.05) is 254 Å². The Labute approximate surface area is 452 Å². The van der Waals surface area contributed by atoms with Gasteiger partial charge in [0, 0.05) is 6.42 Å². The quantitative estimate of drug-likeness (QED) is 0.0240. The van der Waals surface area contributed by atoms with Crippen LogP contribution in [0.1, 0.15) is 277 Å². The maximum absolute atomic E-state index is 13.0. The van der Waals surface area contributed by atoms with Crippen LogP contribution >= 0.6 is 7.82 Å². The van der Waals surface area contributed by atoms with Gasteiger partial charge in [0.1, 0.15) is 19.3 Å². The van der Waals surface area contributed by atoms with Crippen LogP contribution < -0.4 is 10.2 Å². The van der Waals surface area contributed by atoms with Gasteiger partial charge in [-0.05, 0) is 77.0 Å². The van der Waals surface area contributed by atoms with Gasteiger partial charge in [0.2, 0.25) is 5.91 Å². The van der Waals surface area contributed by atoms with Crippen LogP contribution in [0.15, 0.2) is 60.8 Å². The normalized spacial score (nSPS) is 14.7. The monoisotopic (exact) mass is 1050 g/mol. The number of quaternary nitrogens is 1. The number of carbonyl (C=O) groups is 1. The molecule has 428 valence electrons. The first-order chi connectivity index (χ1) is 35.4. The van der Waals surface area contributed by atoms with E-state index in [9.17, 15) is 24.5 Å². The maximum Gasteiger partial charge on any atom is 0.268 e. The Hall–Kier alpha value is -1.84. The van der Waals surface area contributed by atoms with Crippen LogP contribution in [-0.2, 0) is 18.4 Å². The van der Waals surface area contributed by atoms with Gasteiger partial charge >= 0.3 is 0 Å². The molecule has 0 aromatic carbocycles. The number of aliphatic hydroxyl groups excluding tert-OH is 2. The molecule has 9 nitrogen and oxygen atoms in total. The van der Waals surface area contributed by atoms with Crippen LogP contribution in [0.2, 0.25) is 0 Å². The highest BCUT2D eigenvalue weighted by Crippen LogP contribution is 2.38. The number of unbranched alkanes of at least 4 members (excludes halogenated alkanes) is 32. The molecule has 10 heteroatoms. The third-order valence-electron chi connectivity index (χ3n) is 13.8. The zero-order valence-electron chi connectivity index (χ0n) is 48.4. The summed E-state index contributed by atoms with van der Waals surface area (Å²) in [6.07, 6.45) is 68.9. The summed E-state index contributed by atoms with van der Waals surface area (Å²) in [6.45, 7) is 4.31. The molecule has 0 bridgehead atoms. The van der Waals surface area contributed by atoms with E-state index in [4.69, 9.17) is 9.05 Å². The van der Waals surface area contributed by atoms with Crippen molar-refractivity contribution in [3.63, 3.8) is 0 Å². The summed E-state index contributed by atoms with van der Waals surface area (Å²) in [4.78, 5) is 25.5. The van der Waals surface area contributed by atoms with Crippen LogP contribution in [0, 0.1) is 0 Å². The van der Waals surface area contributed by atoms with Crippen LogP contribution in [0.25, 0.3) is 0 Å². The van der Waals surface area contributed by atoms with E-state index in [-0.39, 0.29) is 18.9 Å². The number of phosphoric acid groups is 1. The molecule has 73 heavy (non-hydrogen) atoms. The van der Waals surface area contributed by atoms with Crippen LogP contribution in [-0.4, -0.2) is 79.8 Å². The van der Waals surface area contributed by atoms with E-state index in [0.717, 1.165) is 51.4 Å². The first-order valence-corrected chi connectivity index (χ1v) is 32.2. The Bertz CT molecular complexity index is 1390. The molecule has 4 unspecified atom stereocenters. The molecule has 0 radical (unpaired) electrons. The molecule has 3 N–H and O–H groups in total. The fourth-order valence-corrected chi connectivity index (χ4v) is 9.74. The molecule has 4 atom stereocenters. The highest BCUT2D eigenvalue weighted by Gasteiger charge is 2.29. The number of allylic oxidation sites excluding steroid dienone is 10. The summed E-state index contributed by atoms with van der Waals surface area (Å²) in [5.41, 5.74) is 0. The SMILES string of the molecule is CC/C=C\C/C=C\C/C=C\C/C=C\CCCCCCCCCCCCCCCCCCCCCCCCCCC(=O)NC(COP(=O)([O-])OCC[N+](C)(C)C)C(O)C(O)CCC/C=C/CCCCCCCCC. The molecule has 0 aliphatic carbocycles. The van der Waals surface area contributed by atoms with E-state index in [1.807, 2.05) is 21.1 Å². The zero-order chi connectivity index (χ0) is 53.6. The summed E-state index contributed by atoms with van der Waals surface area (Å²) < 4.78 is 23.3. The Balaban J connectivity index is 3.98. The molecule has 0 aliphatic heterocycles. The van der Waals surface area contributed by atoms with E-state index < -0.39 is 32.7 Å². The highest BCUT2D eigenvalue weighted by atomic mass is 31.2. The predicted octanol–water partition coefficient (Wildman–Crippen LogP) is 17.2. The largest absolute Gasteiger partial charge is 0.756 e. The minimum atomic E-state index is -4.68. The third kappa shape index (κ3) is 54.7. The molecule has 0 aromatic heterocycles. The third-order valence-corrected chi connectivity index (χ3v) is 14.8. The summed E-state index contributed by atoms with van der Waals surface area (Å²) in [6, 6.07) is -1.09. The molecule has 1 amide bonds. The first-order valence-electron chi connectivity index (χ1n) is 30.7. The van der Waals surface area contributed by atoms with Gasteiger partial charge in [-0.15, -0.1) is 0 Å². The maximum atomic E-state index is 13.0. The van der Waals surface area contributed by atoms with Crippen molar-refractivity contribution in [3.8, 4) is 0 Å². The minimum Gasteiger partial charge on any atom is -0.756 e. The average molecular weight is 1050 g/mol. The summed E-state index contributed by atoms with van der Waals surface area (Å²) in [5, 5.41) is 24.7. The minimum absolute atomic E-state index is 0.0455. The lowest BCUT2D eigenvalue weighted by Crippen LogP contribution is -2.51. The fourth-order valence-electron chi connectivity index (χ4n) is 9.01. The highest BCUT2D eigenvalue weighted by molar-refractivity contribution is 7.45. The van der Waals surface area contributed by atoms with Gasteiger partial charge in [0.25, 0.3) is 7.82 Å². The van der Waals surface area contributed by atoms with Gasteiger partial charge in [-0.25, -0.2) is 0 Å². The van der Waals surface area contributed by atoms with Crippen molar-refractivity contribution in [1.82, 2.24) is 5.32 Å². The van der Waals surface area contributed by atoms with Crippen LogP contribution in [0.3, 0.4) is 0 Å². The van der Waals surface area contributed by atoms with Crippen molar-refractivity contribution in [2.75, 3.05) is 40.9 Å². The lowest BCUT2D eigenvalue weighted by Gasteiger charge is -2.31. The van der Waals surface area contributed by atoms with Crippen molar-refractivity contribution in [3.05, 3.63) is 60.8 Å². The van der Waals surface area contributed by atoms with Crippen LogP contribution in [0.5, 0.6) is 0 Å². The lowest BCUT2D eigenvalue weighted by atomic mass is 10.0. The number of hydrogen-bond donors (Lipinski definition) is 3. The van der Waals surface area contributed by atoms with Gasteiger partial charge in [-0.3, -0.25) is 9.36 Å². The molecule has 0 saturated carbocycles. The van der Waals surface area contributed by atoms with Crippen molar-refractivity contribution in [1.29, 1.82) is 0 Å². The Morgan fingerprint density at radius 1 is 0.507 bits per heavy atom. The molecule has 0 rings (SSSR count). The second kappa shape index (κ2) is 53.6. The molecule has 0 saturated heterocycles. The number of carbonyl (C=O) groups excluding carboxylic acids is 1. The molecular formula is C63H119N2O7P. The van der Waals surface area contributed by atoms with Crippen molar-refractivity contribution < 1.29 is 38.0 Å². The number of hydrogen-bond acceptors (Lipinski definition) is 7. The number of phosphoric ester groups is 1. The molecule has 0 aliphatic rings. The molecule has 0 aromatic rings. The van der Waals surface area contributed by atoms with E-state index in [2.05, 4.69) is 79.9 Å². The van der Waals surface area contributed by atoms with E-state index >= 15 is 0 Å². The molecule has 0 fully saturated rings. The van der Waals surface area contributed by atoms with Gasteiger partial charge < -0.3 is 34.0 Å². The zero-order valence-corrected chi connectivity index (χ0v) is 49.3. The number of aliphatic hydroxyl groups is 2. The summed E-state index contributed by atoms with van der Waals surface area (Å²) in [7, 11) is 1.11. The summed E-state index contributed by atoms with van der Waals surface area (Å²) >= 11 is 0. The topological polar surface area (TPSA) is 128 Å². The lowest BCUT2D eigenvalue weighted by molar-refractivity contribution is -0.870. The fraction of sp³-hybridized carbons (Fsp3) is 0.825. The van der Waals surface area contributed by atoms with Crippen LogP contribution in [0.4, 0.5) is 0 Å². The average Bonchev–Trinajstić information content (AvgIpc) is 3.35. The number of nitrogens with zero attached hydrogens (tertiary/aromatic N) is 1. The first kappa shape index (κ1) is 71.2. The Kier molecular flexibility index (Phi) is 52.2. The number of rotatable bonds is 56. The van der Waals surface area contributed by atoms with Crippen molar-refractivity contribution in [2.24, 2.45) is 0 Å². The summed E-state index contributed by atoms with van der Waals surface area (Å²) in [5.74, 6) is -0.285. The number of nitrogens with one attached hydrogen (secondary N) is 1. The van der Waals surface area contributed by atoms with Gasteiger partial charge in [0.05, 0.1) is 39.9 Å². The van der Waals surface area contributed by atoms with Crippen molar-refractivity contribution in [2.45, 2.75) is 295 Å². The second-order valence-corrected chi connectivity index (χ2v) is 23.6. The standard InChI is InChI=1S/C63H119N2O7P/c1-6-8-10-12-14-16-18-20-21-22-23-24-25-26-27-28-29-30-31-32-33-34-35-36-37-38-39-40-41-42-43-44-46-48-50-52-54-56-62(67)64-60(59-72-73(69,70)71-58-57-65(3,4)5)63(68)61(66)55-53-51-49-47-45-19-17-15-13-11-9-7-2/h8,10,14,16,20-21,23-24,47,49,60-61,63,66,68H,6-7,9,11-13,15,17-19,22,25-46,48,50-59H2,1-5H3,(H-,64,67,69,70)/b10-8-,16-14-,21-20-,24-23-,49-47+. The smallest absolute Gasteiger partial charge is 0.268 e. The van der Waals surface area contributed by atoms with Gasteiger partial charge in [0.15, 0.2) is 0 Å². The van der Waals surface area contributed by atoms with E-state index in [0.29, 0.717) is 30.3 Å². The Morgan fingerprint density at radius 2 is 0.863 bits per heavy atom. The number of amides is 1. The molecule has 0 heterocycles. The second-order valence-electron chi connectivity index (χ2n) is 22.2. The van der Waals surface area contributed by atoms with Crippen molar-refractivity contribution >= 4 is 13.7 Å². The number of likely N-dealkylation sites (N-methyl/N-ethyl adjacent to an activating group) is 1. The van der Waals surface area contributed by atoms with E-state index in [1.165, 1.54) is 186 Å². The molecule has 0 spiro atoms. The van der Waals surface area contributed by atoms with Gasteiger partial charge in [-0.2, -0.15) is 0 Å². The predicted molar refractivity (Wildman–Crippen MR) is 313 cm³/mol.